The standard InChI is InChI=1S/C19H26N2O4/c1-19(2)12-21(17(19)15-8-5-9-25-15)16(22)11-20-18(23)13-6-4-7-14(10-13)24-3/h4,6-7,10,15,17H,5,8-9,11-12H2,1-3H3,(H,20,23). The summed E-state index contributed by atoms with van der Waals surface area (Å²) in [4.78, 5) is 26.7. The van der Waals surface area contributed by atoms with E-state index in [4.69, 9.17) is 9.47 Å². The minimum Gasteiger partial charge on any atom is -0.497 e. The molecule has 1 aromatic carbocycles. The molecule has 0 aromatic heterocycles. The maximum Gasteiger partial charge on any atom is 0.251 e. The molecule has 0 saturated carbocycles. The molecule has 2 saturated heterocycles. The number of nitrogens with one attached hydrogen (secondary N) is 1. The number of rotatable bonds is 5. The molecule has 2 atom stereocenters. The summed E-state index contributed by atoms with van der Waals surface area (Å²) in [7, 11) is 1.55. The van der Waals surface area contributed by atoms with E-state index in [0.717, 1.165) is 19.4 Å². The Balaban J connectivity index is 1.57. The molecule has 2 unspecified atom stereocenters. The first-order valence-electron chi connectivity index (χ1n) is 8.76. The van der Waals surface area contributed by atoms with E-state index in [1.165, 1.54) is 0 Å². The van der Waals surface area contributed by atoms with Crippen molar-refractivity contribution in [3.63, 3.8) is 0 Å². The summed E-state index contributed by atoms with van der Waals surface area (Å²) < 4.78 is 10.9. The number of likely N-dealkylation sites (tertiary alicyclic amines) is 1. The Morgan fingerprint density at radius 2 is 2.20 bits per heavy atom. The van der Waals surface area contributed by atoms with Gasteiger partial charge in [-0.25, -0.2) is 0 Å². The predicted molar refractivity (Wildman–Crippen MR) is 93.6 cm³/mol. The highest BCUT2D eigenvalue weighted by Gasteiger charge is 2.52. The first-order chi connectivity index (χ1) is 11.9. The van der Waals surface area contributed by atoms with Gasteiger partial charge in [-0.05, 0) is 31.0 Å². The van der Waals surface area contributed by atoms with E-state index >= 15 is 0 Å². The Morgan fingerprint density at radius 3 is 2.84 bits per heavy atom. The number of benzene rings is 1. The average molecular weight is 346 g/mol. The molecular formula is C19H26N2O4. The fourth-order valence-corrected chi connectivity index (χ4v) is 3.86. The molecular weight excluding hydrogens is 320 g/mol. The molecule has 2 heterocycles. The molecule has 1 aromatic rings. The zero-order chi connectivity index (χ0) is 18.0. The first kappa shape index (κ1) is 17.7. The van der Waals surface area contributed by atoms with Crippen LogP contribution < -0.4 is 10.1 Å². The molecule has 6 nitrogen and oxygen atoms in total. The zero-order valence-electron chi connectivity index (χ0n) is 15.1. The van der Waals surface area contributed by atoms with Crippen molar-refractivity contribution in [1.29, 1.82) is 0 Å². The number of ether oxygens (including phenoxy) is 2. The fourth-order valence-electron chi connectivity index (χ4n) is 3.86. The van der Waals surface area contributed by atoms with Gasteiger partial charge in [-0.1, -0.05) is 19.9 Å². The van der Waals surface area contributed by atoms with Gasteiger partial charge in [0.1, 0.15) is 5.75 Å². The molecule has 1 N–H and O–H groups in total. The first-order valence-corrected chi connectivity index (χ1v) is 8.76. The Bertz CT molecular complexity index is 653. The van der Waals surface area contributed by atoms with Crippen molar-refractivity contribution < 1.29 is 19.1 Å². The van der Waals surface area contributed by atoms with E-state index in [-0.39, 0.29) is 35.9 Å². The maximum absolute atomic E-state index is 12.6. The fraction of sp³-hybridized carbons (Fsp3) is 0.579. The lowest BCUT2D eigenvalue weighted by Crippen LogP contribution is -2.69. The van der Waals surface area contributed by atoms with E-state index in [1.807, 2.05) is 4.90 Å². The van der Waals surface area contributed by atoms with Gasteiger partial charge in [-0.15, -0.1) is 0 Å². The van der Waals surface area contributed by atoms with Crippen LogP contribution >= 0.6 is 0 Å². The van der Waals surface area contributed by atoms with E-state index in [1.54, 1.807) is 31.4 Å². The molecule has 3 rings (SSSR count). The van der Waals surface area contributed by atoms with Crippen molar-refractivity contribution in [2.75, 3.05) is 26.8 Å². The van der Waals surface area contributed by atoms with Crippen molar-refractivity contribution >= 4 is 11.8 Å². The van der Waals surface area contributed by atoms with Crippen LogP contribution in [0.15, 0.2) is 24.3 Å². The number of nitrogens with zero attached hydrogens (tertiary/aromatic N) is 1. The van der Waals surface area contributed by atoms with Gasteiger partial charge in [-0.2, -0.15) is 0 Å². The van der Waals surface area contributed by atoms with Gasteiger partial charge in [0.05, 0.1) is 25.8 Å². The molecule has 2 aliphatic rings. The van der Waals surface area contributed by atoms with Crippen molar-refractivity contribution in [3.05, 3.63) is 29.8 Å². The Morgan fingerprint density at radius 1 is 1.40 bits per heavy atom. The lowest BCUT2D eigenvalue weighted by Gasteiger charge is -2.56. The third-order valence-electron chi connectivity index (χ3n) is 5.08. The zero-order valence-corrected chi connectivity index (χ0v) is 15.1. The molecule has 6 heteroatoms. The minimum absolute atomic E-state index is 0.00462. The van der Waals surface area contributed by atoms with Gasteiger partial charge >= 0.3 is 0 Å². The highest BCUT2D eigenvalue weighted by Crippen LogP contribution is 2.42. The second kappa shape index (κ2) is 7.04. The van der Waals surface area contributed by atoms with Crippen molar-refractivity contribution in [2.45, 2.75) is 38.8 Å². The summed E-state index contributed by atoms with van der Waals surface area (Å²) in [5.74, 6) is 0.277. The summed E-state index contributed by atoms with van der Waals surface area (Å²) in [6.07, 6.45) is 2.15. The Kier molecular flexibility index (Phi) is 4.99. The van der Waals surface area contributed by atoms with Crippen LogP contribution in [-0.4, -0.2) is 55.7 Å². The van der Waals surface area contributed by atoms with Crippen LogP contribution in [0.25, 0.3) is 0 Å². The van der Waals surface area contributed by atoms with E-state index in [2.05, 4.69) is 19.2 Å². The molecule has 0 aliphatic carbocycles. The lowest BCUT2D eigenvalue weighted by atomic mass is 9.71. The topological polar surface area (TPSA) is 67.9 Å². The van der Waals surface area contributed by atoms with Crippen molar-refractivity contribution in [3.8, 4) is 5.75 Å². The van der Waals surface area contributed by atoms with Crippen LogP contribution in [0, 0.1) is 5.41 Å². The Labute approximate surface area is 148 Å². The SMILES string of the molecule is COc1cccc(C(=O)NCC(=O)N2CC(C)(C)C2C2CCCO2)c1. The molecule has 136 valence electrons. The highest BCUT2D eigenvalue weighted by molar-refractivity contribution is 5.96. The van der Waals surface area contributed by atoms with Crippen LogP contribution in [0.2, 0.25) is 0 Å². The molecule has 0 bridgehead atoms. The average Bonchev–Trinajstić information content (AvgIpc) is 3.11. The molecule has 2 amide bonds. The monoisotopic (exact) mass is 346 g/mol. The normalized spacial score (nSPS) is 24.5. The van der Waals surface area contributed by atoms with E-state index in [9.17, 15) is 9.59 Å². The van der Waals surface area contributed by atoms with Crippen molar-refractivity contribution in [2.24, 2.45) is 5.41 Å². The number of amides is 2. The van der Waals surface area contributed by atoms with Gasteiger partial charge < -0.3 is 19.7 Å². The molecule has 0 spiro atoms. The molecule has 2 aliphatic heterocycles. The number of carbonyl (C=O) groups is 2. The molecule has 25 heavy (non-hydrogen) atoms. The summed E-state index contributed by atoms with van der Waals surface area (Å²) in [5.41, 5.74) is 0.536. The molecule has 0 radical (unpaired) electrons. The van der Waals surface area contributed by atoms with Crippen LogP contribution in [-0.2, 0) is 9.53 Å². The second-order valence-corrected chi connectivity index (χ2v) is 7.42. The number of carbonyl (C=O) groups excluding carboxylic acids is 2. The van der Waals surface area contributed by atoms with E-state index in [0.29, 0.717) is 17.9 Å². The number of hydrogen-bond acceptors (Lipinski definition) is 4. The summed E-state index contributed by atoms with van der Waals surface area (Å²) in [5, 5.41) is 2.71. The van der Waals surface area contributed by atoms with Crippen molar-refractivity contribution in [1.82, 2.24) is 10.2 Å². The smallest absolute Gasteiger partial charge is 0.251 e. The maximum atomic E-state index is 12.6. The minimum atomic E-state index is -0.277. The lowest BCUT2D eigenvalue weighted by molar-refractivity contribution is -0.163. The largest absolute Gasteiger partial charge is 0.497 e. The van der Waals surface area contributed by atoms with Gasteiger partial charge in [0.2, 0.25) is 5.91 Å². The van der Waals surface area contributed by atoms with Crippen LogP contribution in [0.4, 0.5) is 0 Å². The number of methoxy groups -OCH3 is 1. The number of hydrogen-bond donors (Lipinski definition) is 1. The highest BCUT2D eigenvalue weighted by atomic mass is 16.5. The summed E-state index contributed by atoms with van der Waals surface area (Å²) in [6, 6.07) is 6.97. The summed E-state index contributed by atoms with van der Waals surface area (Å²) in [6.45, 7) is 5.79. The quantitative estimate of drug-likeness (QED) is 0.883. The van der Waals surface area contributed by atoms with Crippen LogP contribution in [0.5, 0.6) is 5.75 Å². The molecule has 2 fully saturated rings. The van der Waals surface area contributed by atoms with Gasteiger partial charge in [0.15, 0.2) is 0 Å². The summed E-state index contributed by atoms with van der Waals surface area (Å²) >= 11 is 0. The third-order valence-corrected chi connectivity index (χ3v) is 5.08. The van der Waals surface area contributed by atoms with Gasteiger partial charge in [0.25, 0.3) is 5.91 Å². The second-order valence-electron chi connectivity index (χ2n) is 7.42. The van der Waals surface area contributed by atoms with E-state index < -0.39 is 0 Å². The Hall–Kier alpha value is -2.08. The third kappa shape index (κ3) is 3.63. The van der Waals surface area contributed by atoms with Crippen LogP contribution in [0.3, 0.4) is 0 Å². The predicted octanol–water partition coefficient (Wildman–Crippen LogP) is 1.84. The van der Waals surface area contributed by atoms with Crippen LogP contribution in [0.1, 0.15) is 37.0 Å². The van der Waals surface area contributed by atoms with Gasteiger partial charge in [-0.3, -0.25) is 9.59 Å². The van der Waals surface area contributed by atoms with Gasteiger partial charge in [0, 0.05) is 24.1 Å².